The third kappa shape index (κ3) is 3.28. The zero-order valence-electron chi connectivity index (χ0n) is 15.2. The average molecular weight is 400 g/mol. The summed E-state index contributed by atoms with van der Waals surface area (Å²) in [7, 11) is -2.00. The molecule has 0 N–H and O–H groups in total. The van der Waals surface area contributed by atoms with E-state index in [1.54, 1.807) is 38.6 Å². The standard InChI is InChI=1S/C17H22ClN3O4S/c1-5-20(4)26(22,23)17-11(2)19-21(12(17)3)10-13-8-14(18)16-15(9-13)24-6-7-25-16/h8-9H,5-7,10H2,1-4H3. The van der Waals surface area contributed by atoms with Gasteiger partial charge in [-0.1, -0.05) is 18.5 Å². The number of aromatic nitrogens is 2. The summed E-state index contributed by atoms with van der Waals surface area (Å²) in [5.41, 5.74) is 1.93. The van der Waals surface area contributed by atoms with Crippen LogP contribution in [0, 0.1) is 13.8 Å². The number of sulfonamides is 1. The highest BCUT2D eigenvalue weighted by Crippen LogP contribution is 2.38. The Morgan fingerprint density at radius 1 is 1.27 bits per heavy atom. The topological polar surface area (TPSA) is 73.7 Å². The third-order valence-electron chi connectivity index (χ3n) is 4.42. The third-order valence-corrected chi connectivity index (χ3v) is 6.88. The largest absolute Gasteiger partial charge is 0.486 e. The van der Waals surface area contributed by atoms with Crippen LogP contribution in [-0.2, 0) is 16.6 Å². The summed E-state index contributed by atoms with van der Waals surface area (Å²) >= 11 is 6.29. The zero-order valence-corrected chi connectivity index (χ0v) is 16.8. The van der Waals surface area contributed by atoms with Gasteiger partial charge >= 0.3 is 0 Å². The maximum absolute atomic E-state index is 12.7. The highest BCUT2D eigenvalue weighted by molar-refractivity contribution is 7.89. The van der Waals surface area contributed by atoms with Gasteiger partial charge in [-0.15, -0.1) is 0 Å². The molecule has 0 aliphatic carbocycles. The van der Waals surface area contributed by atoms with Gasteiger partial charge in [-0.2, -0.15) is 5.10 Å². The van der Waals surface area contributed by atoms with Crippen LogP contribution in [0.2, 0.25) is 5.02 Å². The molecule has 1 aliphatic rings. The van der Waals surface area contributed by atoms with E-state index in [2.05, 4.69) is 5.10 Å². The smallest absolute Gasteiger partial charge is 0.246 e. The van der Waals surface area contributed by atoms with Gasteiger partial charge in [0, 0.05) is 13.6 Å². The van der Waals surface area contributed by atoms with Crippen molar-refractivity contribution in [2.75, 3.05) is 26.8 Å². The van der Waals surface area contributed by atoms with Gasteiger partial charge in [0.1, 0.15) is 18.1 Å². The predicted octanol–water partition coefficient (Wildman–Crippen LogP) is 2.61. The van der Waals surface area contributed by atoms with Crippen molar-refractivity contribution in [3.05, 3.63) is 34.1 Å². The maximum Gasteiger partial charge on any atom is 0.246 e. The summed E-state index contributed by atoms with van der Waals surface area (Å²) in [6.45, 7) is 6.98. The Labute approximate surface area is 158 Å². The minimum absolute atomic E-state index is 0.255. The van der Waals surface area contributed by atoms with E-state index in [9.17, 15) is 8.42 Å². The van der Waals surface area contributed by atoms with Crippen molar-refractivity contribution in [1.29, 1.82) is 0 Å². The second-order valence-electron chi connectivity index (χ2n) is 6.18. The molecule has 7 nitrogen and oxygen atoms in total. The number of aryl methyl sites for hydroxylation is 1. The van der Waals surface area contributed by atoms with Crippen LogP contribution in [0.25, 0.3) is 0 Å². The van der Waals surface area contributed by atoms with Crippen LogP contribution in [0.5, 0.6) is 11.5 Å². The fourth-order valence-corrected chi connectivity index (χ4v) is 4.79. The van der Waals surface area contributed by atoms with Crippen LogP contribution in [0.3, 0.4) is 0 Å². The lowest BCUT2D eigenvalue weighted by Gasteiger charge is -2.20. The maximum atomic E-state index is 12.7. The first kappa shape index (κ1) is 19.0. The summed E-state index contributed by atoms with van der Waals surface area (Å²) in [6, 6.07) is 3.64. The van der Waals surface area contributed by atoms with Crippen LogP contribution in [0.1, 0.15) is 23.9 Å². The summed E-state index contributed by atoms with van der Waals surface area (Å²) in [6.07, 6.45) is 0. The molecule has 0 bridgehead atoms. The Balaban J connectivity index is 1.98. The quantitative estimate of drug-likeness (QED) is 0.772. The van der Waals surface area contributed by atoms with Crippen LogP contribution in [0.15, 0.2) is 17.0 Å². The summed E-state index contributed by atoms with van der Waals surface area (Å²) in [5.74, 6) is 1.14. The van der Waals surface area contributed by atoms with Crippen molar-refractivity contribution in [3.63, 3.8) is 0 Å². The second kappa shape index (κ2) is 7.09. The monoisotopic (exact) mass is 399 g/mol. The van der Waals surface area contributed by atoms with Gasteiger partial charge in [-0.05, 0) is 31.5 Å². The number of halogens is 1. The van der Waals surface area contributed by atoms with Crippen LogP contribution < -0.4 is 9.47 Å². The molecule has 1 aliphatic heterocycles. The van der Waals surface area contributed by atoms with Gasteiger partial charge in [0.25, 0.3) is 0 Å². The molecule has 0 amide bonds. The van der Waals surface area contributed by atoms with Crippen molar-refractivity contribution in [1.82, 2.24) is 14.1 Å². The molecule has 142 valence electrons. The minimum Gasteiger partial charge on any atom is -0.486 e. The van der Waals surface area contributed by atoms with E-state index in [1.165, 1.54) is 4.31 Å². The van der Waals surface area contributed by atoms with E-state index >= 15 is 0 Å². The van der Waals surface area contributed by atoms with E-state index in [0.29, 0.717) is 54.2 Å². The molecule has 0 saturated heterocycles. The predicted molar refractivity (Wildman–Crippen MR) is 98.7 cm³/mol. The molecule has 0 fully saturated rings. The van der Waals surface area contributed by atoms with E-state index < -0.39 is 10.0 Å². The van der Waals surface area contributed by atoms with Crippen molar-refractivity contribution in [3.8, 4) is 11.5 Å². The summed E-state index contributed by atoms with van der Waals surface area (Å²) in [5, 5.41) is 4.90. The van der Waals surface area contributed by atoms with E-state index in [4.69, 9.17) is 21.1 Å². The van der Waals surface area contributed by atoms with Gasteiger partial charge < -0.3 is 9.47 Å². The molecule has 9 heteroatoms. The molecular formula is C17H22ClN3O4S. The lowest BCUT2D eigenvalue weighted by Crippen LogP contribution is -2.27. The Morgan fingerprint density at radius 2 is 1.96 bits per heavy atom. The molecule has 1 aromatic carbocycles. The van der Waals surface area contributed by atoms with E-state index in [1.807, 2.05) is 6.07 Å². The minimum atomic E-state index is -3.57. The molecule has 0 spiro atoms. The zero-order chi connectivity index (χ0) is 19.1. The second-order valence-corrected chi connectivity index (χ2v) is 8.57. The lowest BCUT2D eigenvalue weighted by atomic mass is 10.2. The number of benzene rings is 1. The highest BCUT2D eigenvalue weighted by atomic mass is 35.5. The van der Waals surface area contributed by atoms with E-state index in [-0.39, 0.29) is 4.90 Å². The van der Waals surface area contributed by atoms with Crippen molar-refractivity contribution in [2.45, 2.75) is 32.2 Å². The van der Waals surface area contributed by atoms with Crippen molar-refractivity contribution in [2.24, 2.45) is 0 Å². The average Bonchev–Trinajstić information content (AvgIpc) is 2.88. The molecule has 26 heavy (non-hydrogen) atoms. The molecule has 2 heterocycles. The Hall–Kier alpha value is -1.77. The Morgan fingerprint density at radius 3 is 2.65 bits per heavy atom. The Kier molecular flexibility index (Phi) is 5.18. The van der Waals surface area contributed by atoms with Gasteiger partial charge in [0.2, 0.25) is 10.0 Å². The van der Waals surface area contributed by atoms with Crippen LogP contribution >= 0.6 is 11.6 Å². The summed E-state index contributed by atoms with van der Waals surface area (Å²) in [4.78, 5) is 0.255. The molecule has 0 atom stereocenters. The fraction of sp³-hybridized carbons (Fsp3) is 0.471. The van der Waals surface area contributed by atoms with Gasteiger partial charge in [0.05, 0.1) is 23.0 Å². The number of fused-ring (bicyclic) bond motifs is 1. The van der Waals surface area contributed by atoms with Crippen molar-refractivity contribution >= 4 is 21.6 Å². The molecule has 1 aromatic heterocycles. The first-order valence-electron chi connectivity index (χ1n) is 8.34. The van der Waals surface area contributed by atoms with Gasteiger partial charge in [-0.3, -0.25) is 4.68 Å². The molecule has 0 unspecified atom stereocenters. The first-order chi connectivity index (χ1) is 12.3. The molecule has 0 saturated carbocycles. The first-order valence-corrected chi connectivity index (χ1v) is 10.2. The normalized spacial score (nSPS) is 14.1. The number of rotatable bonds is 5. The fourth-order valence-electron chi connectivity index (χ4n) is 2.96. The molecular weight excluding hydrogens is 378 g/mol. The lowest BCUT2D eigenvalue weighted by molar-refractivity contribution is 0.171. The van der Waals surface area contributed by atoms with Crippen molar-refractivity contribution < 1.29 is 17.9 Å². The number of ether oxygens (including phenoxy) is 2. The summed E-state index contributed by atoms with van der Waals surface area (Å²) < 4.78 is 39.6. The molecule has 0 radical (unpaired) electrons. The van der Waals surface area contributed by atoms with Gasteiger partial charge in [0.15, 0.2) is 11.5 Å². The number of nitrogens with zero attached hydrogens (tertiary/aromatic N) is 3. The van der Waals surface area contributed by atoms with Crippen LogP contribution in [-0.4, -0.2) is 49.3 Å². The van der Waals surface area contributed by atoms with E-state index in [0.717, 1.165) is 5.56 Å². The number of hydrogen-bond donors (Lipinski definition) is 0. The van der Waals surface area contributed by atoms with Crippen LogP contribution in [0.4, 0.5) is 0 Å². The highest BCUT2D eigenvalue weighted by Gasteiger charge is 2.28. The molecule has 2 aromatic rings. The van der Waals surface area contributed by atoms with Gasteiger partial charge in [-0.25, -0.2) is 12.7 Å². The number of hydrogen-bond acceptors (Lipinski definition) is 5. The Bertz CT molecular complexity index is 940. The SMILES string of the molecule is CCN(C)S(=O)(=O)c1c(C)nn(Cc2cc(Cl)c3c(c2)OCCO3)c1C. The molecule has 3 rings (SSSR count).